The lowest BCUT2D eigenvalue weighted by atomic mass is 9.83. The Bertz CT molecular complexity index is 1500. The second kappa shape index (κ2) is 10.7. The number of Topliss-reactive ketones (excluding diaryl/α,β-unsaturated/α-hetero) is 1. The van der Waals surface area contributed by atoms with Gasteiger partial charge in [0.1, 0.15) is 23.7 Å². The Morgan fingerprint density at radius 2 is 1.72 bits per heavy atom. The number of ether oxygens (including phenoxy) is 1. The van der Waals surface area contributed by atoms with Gasteiger partial charge in [-0.25, -0.2) is 14.5 Å². The lowest BCUT2D eigenvalue weighted by molar-refractivity contribution is -0.143. The van der Waals surface area contributed by atoms with Crippen molar-refractivity contribution < 1.29 is 32.6 Å². The lowest BCUT2D eigenvalue weighted by Gasteiger charge is -2.21. The number of benzene rings is 2. The Labute approximate surface area is 221 Å². The fourth-order valence-corrected chi connectivity index (χ4v) is 4.77. The van der Waals surface area contributed by atoms with Crippen molar-refractivity contribution in [3.8, 4) is 22.8 Å². The quantitative estimate of drug-likeness (QED) is 0.292. The van der Waals surface area contributed by atoms with Crippen molar-refractivity contribution in [2.24, 2.45) is 0 Å². The third-order valence-electron chi connectivity index (χ3n) is 6.77. The van der Waals surface area contributed by atoms with Crippen LogP contribution in [0.15, 0.2) is 72.9 Å². The van der Waals surface area contributed by atoms with Crippen LogP contribution in [-0.2, 0) is 17.6 Å². The van der Waals surface area contributed by atoms with E-state index in [0.29, 0.717) is 52.4 Å². The Hall–Kier alpha value is -4.47. The van der Waals surface area contributed by atoms with Gasteiger partial charge in [-0.15, -0.1) is 0 Å². The van der Waals surface area contributed by atoms with Crippen molar-refractivity contribution in [2.75, 3.05) is 0 Å². The molecule has 5 rings (SSSR count). The summed E-state index contributed by atoms with van der Waals surface area (Å²) in [7, 11) is 0. The molecule has 0 atom stereocenters. The van der Waals surface area contributed by atoms with Crippen molar-refractivity contribution in [3.63, 3.8) is 0 Å². The molecule has 1 aliphatic rings. The Balaban J connectivity index is 1.37. The summed E-state index contributed by atoms with van der Waals surface area (Å²) >= 11 is 0. The summed E-state index contributed by atoms with van der Waals surface area (Å²) < 4.78 is 47.7. The number of pyridine rings is 1. The molecule has 0 amide bonds. The van der Waals surface area contributed by atoms with Crippen molar-refractivity contribution in [1.82, 2.24) is 14.8 Å². The number of alkyl halides is 3. The number of carboxylic acid groups (broad SMARTS) is 1. The molecular weight excluding hydrogens is 511 g/mol. The minimum atomic E-state index is -4.95. The van der Waals surface area contributed by atoms with E-state index in [1.54, 1.807) is 30.3 Å². The molecule has 0 unspecified atom stereocenters. The molecule has 0 aliphatic heterocycles. The fraction of sp³-hybridized carbons (Fsp3) is 0.241. The van der Waals surface area contributed by atoms with Gasteiger partial charge >= 0.3 is 12.1 Å². The number of carbonyl (C=O) groups is 2. The molecule has 1 saturated carbocycles. The average Bonchev–Trinajstić information content (AvgIpc) is 3.40. The molecule has 1 aliphatic carbocycles. The van der Waals surface area contributed by atoms with Gasteiger partial charge in [0.25, 0.3) is 0 Å². The van der Waals surface area contributed by atoms with Crippen LogP contribution in [0.3, 0.4) is 0 Å². The number of nitrogens with zero attached hydrogens (tertiary/aromatic N) is 3. The smallest absolute Gasteiger partial charge is 0.434 e. The van der Waals surface area contributed by atoms with Gasteiger partial charge in [0.05, 0.1) is 11.9 Å². The number of hydrogen-bond acceptors (Lipinski definition) is 5. The van der Waals surface area contributed by atoms with E-state index in [9.17, 15) is 27.9 Å². The molecule has 0 radical (unpaired) electrons. The second-order valence-electron chi connectivity index (χ2n) is 9.34. The number of para-hydroxylation sites is 1. The molecule has 0 saturated heterocycles. The zero-order valence-electron chi connectivity index (χ0n) is 20.7. The van der Waals surface area contributed by atoms with Crippen molar-refractivity contribution in [3.05, 3.63) is 95.3 Å². The van der Waals surface area contributed by atoms with Crippen LogP contribution in [0.1, 0.15) is 58.8 Å². The van der Waals surface area contributed by atoms with Crippen molar-refractivity contribution in [1.29, 1.82) is 0 Å². The molecule has 4 aromatic rings. The summed E-state index contributed by atoms with van der Waals surface area (Å²) in [6, 6.07) is 19.6. The predicted octanol–water partition coefficient (Wildman–Crippen LogP) is 6.46. The maximum Gasteiger partial charge on any atom is 0.434 e. The molecule has 2 aromatic carbocycles. The maximum atomic E-state index is 13.7. The van der Waals surface area contributed by atoms with E-state index >= 15 is 0 Å². The Morgan fingerprint density at radius 1 is 1.00 bits per heavy atom. The van der Waals surface area contributed by atoms with E-state index in [-0.39, 0.29) is 12.4 Å². The van der Waals surface area contributed by atoms with Crippen LogP contribution in [-0.4, -0.2) is 31.6 Å². The number of halogens is 3. The lowest BCUT2D eigenvalue weighted by Crippen LogP contribution is -2.18. The fourth-order valence-electron chi connectivity index (χ4n) is 4.77. The van der Waals surface area contributed by atoms with Crippen LogP contribution >= 0.6 is 0 Å². The molecule has 2 heterocycles. The standard InChI is InChI=1S/C29H24F3N3O4/c30-29(31,32)27-23(28(37)38)16-33-35(27)26-7-3-5-24(34-26)22-4-1-2-6-25(22)39-17-18-8-10-19(11-9-18)20-12-14-21(36)15-13-20/h1-11,16,20H,12-15,17H2,(H,37,38). The summed E-state index contributed by atoms with van der Waals surface area (Å²) in [6.45, 7) is 0.263. The maximum absolute atomic E-state index is 13.7. The van der Waals surface area contributed by atoms with Gasteiger partial charge in [-0.1, -0.05) is 42.5 Å². The predicted molar refractivity (Wildman–Crippen MR) is 136 cm³/mol. The van der Waals surface area contributed by atoms with Crippen LogP contribution in [0.5, 0.6) is 5.75 Å². The van der Waals surface area contributed by atoms with Crippen LogP contribution < -0.4 is 4.74 Å². The third-order valence-corrected chi connectivity index (χ3v) is 6.77. The molecule has 0 bridgehead atoms. The normalized spacial score (nSPS) is 14.4. The van der Waals surface area contributed by atoms with E-state index in [0.717, 1.165) is 18.4 Å². The SMILES string of the molecule is O=C1CCC(c2ccc(COc3ccccc3-c3cccc(-n4ncc(C(=O)O)c4C(F)(F)F)n3)cc2)CC1. The number of ketones is 1. The first-order valence-electron chi connectivity index (χ1n) is 12.4. The Kier molecular flexibility index (Phi) is 7.19. The highest BCUT2D eigenvalue weighted by atomic mass is 19.4. The zero-order valence-corrected chi connectivity index (χ0v) is 20.7. The first-order chi connectivity index (χ1) is 18.7. The number of aromatic carboxylic acids is 1. The average molecular weight is 536 g/mol. The highest BCUT2D eigenvalue weighted by molar-refractivity contribution is 5.89. The van der Waals surface area contributed by atoms with E-state index < -0.39 is 23.4 Å². The Morgan fingerprint density at radius 3 is 2.41 bits per heavy atom. The molecule has 1 fully saturated rings. The van der Waals surface area contributed by atoms with Crippen LogP contribution in [0.2, 0.25) is 0 Å². The van der Waals surface area contributed by atoms with E-state index in [1.807, 2.05) is 12.1 Å². The van der Waals surface area contributed by atoms with E-state index in [2.05, 4.69) is 22.2 Å². The molecule has 10 heteroatoms. The molecular formula is C29H24F3N3O4. The minimum absolute atomic E-state index is 0.179. The zero-order chi connectivity index (χ0) is 27.6. The van der Waals surface area contributed by atoms with Crippen LogP contribution in [0.25, 0.3) is 17.1 Å². The second-order valence-corrected chi connectivity index (χ2v) is 9.34. The number of carboxylic acids is 1. The van der Waals surface area contributed by atoms with Crippen molar-refractivity contribution in [2.45, 2.75) is 44.4 Å². The monoisotopic (exact) mass is 535 g/mol. The van der Waals surface area contributed by atoms with Gasteiger partial charge in [0.15, 0.2) is 11.5 Å². The molecule has 7 nitrogen and oxygen atoms in total. The van der Waals surface area contributed by atoms with Gasteiger partial charge in [0.2, 0.25) is 0 Å². The van der Waals surface area contributed by atoms with Gasteiger partial charge < -0.3 is 9.84 Å². The molecule has 39 heavy (non-hydrogen) atoms. The highest BCUT2D eigenvalue weighted by Crippen LogP contribution is 2.35. The summed E-state index contributed by atoms with van der Waals surface area (Å²) in [5, 5.41) is 12.9. The first kappa shape index (κ1) is 26.1. The number of aromatic nitrogens is 3. The largest absolute Gasteiger partial charge is 0.488 e. The minimum Gasteiger partial charge on any atom is -0.488 e. The number of carbonyl (C=O) groups excluding carboxylic acids is 1. The summed E-state index contributed by atoms with van der Waals surface area (Å²) in [4.78, 5) is 27.2. The van der Waals surface area contributed by atoms with Gasteiger partial charge in [-0.05, 0) is 54.2 Å². The van der Waals surface area contributed by atoms with Crippen LogP contribution in [0.4, 0.5) is 13.2 Å². The summed E-state index contributed by atoms with van der Waals surface area (Å²) in [6.07, 6.45) is -1.30. The molecule has 0 spiro atoms. The van der Waals surface area contributed by atoms with Crippen LogP contribution in [0, 0.1) is 0 Å². The van der Waals surface area contributed by atoms with Crippen molar-refractivity contribution >= 4 is 11.8 Å². The summed E-state index contributed by atoms with van der Waals surface area (Å²) in [5.74, 6) is -0.714. The van der Waals surface area contributed by atoms with E-state index in [1.165, 1.54) is 17.7 Å². The van der Waals surface area contributed by atoms with Gasteiger partial charge in [-0.2, -0.15) is 18.3 Å². The van der Waals surface area contributed by atoms with E-state index in [4.69, 9.17) is 4.74 Å². The molecule has 2 aromatic heterocycles. The number of hydrogen-bond donors (Lipinski definition) is 1. The summed E-state index contributed by atoms with van der Waals surface area (Å²) in [5.41, 5.74) is 0.673. The third kappa shape index (κ3) is 5.69. The molecule has 200 valence electrons. The van der Waals surface area contributed by atoms with Gasteiger partial charge in [-0.3, -0.25) is 4.79 Å². The molecule has 1 N–H and O–H groups in total. The number of rotatable bonds is 7. The highest BCUT2D eigenvalue weighted by Gasteiger charge is 2.41. The first-order valence-corrected chi connectivity index (χ1v) is 12.4. The topological polar surface area (TPSA) is 94.3 Å². The van der Waals surface area contributed by atoms with Gasteiger partial charge in [0, 0.05) is 18.4 Å².